The molecule has 1 aliphatic rings. The third kappa shape index (κ3) is 3.40. The molecule has 30 heavy (non-hydrogen) atoms. The number of anilines is 1. The molecule has 4 aromatic rings. The van der Waals surface area contributed by atoms with E-state index < -0.39 is 10.0 Å². The van der Waals surface area contributed by atoms with Gasteiger partial charge in [0.25, 0.3) is 0 Å². The van der Waals surface area contributed by atoms with E-state index in [9.17, 15) is 8.42 Å². The summed E-state index contributed by atoms with van der Waals surface area (Å²) in [6, 6.07) is 14.8. The largest absolute Gasteiger partial charge is 0.354 e. The van der Waals surface area contributed by atoms with Gasteiger partial charge < -0.3 is 4.90 Å². The maximum Gasteiger partial charge on any atom is 0.243 e. The van der Waals surface area contributed by atoms with Crippen molar-refractivity contribution in [2.24, 2.45) is 0 Å². The van der Waals surface area contributed by atoms with E-state index >= 15 is 0 Å². The molecule has 0 radical (unpaired) electrons. The molecule has 3 heterocycles. The van der Waals surface area contributed by atoms with Crippen LogP contribution in [0.2, 0.25) is 0 Å². The van der Waals surface area contributed by atoms with Gasteiger partial charge in [0, 0.05) is 32.2 Å². The standard InChI is InChI=1S/C20H19N7O2S/c28-30(29,18-6-5-16-3-1-2-4-17(16)11-18)26-9-7-25(8-10-26)19-12-20(23-14-22-19)27-15-21-13-24-27/h1-6,11-15H,7-10H2. The van der Waals surface area contributed by atoms with E-state index in [1.54, 1.807) is 23.1 Å². The fourth-order valence-electron chi connectivity index (χ4n) is 3.60. The van der Waals surface area contributed by atoms with Crippen LogP contribution in [0, 0.1) is 0 Å². The summed E-state index contributed by atoms with van der Waals surface area (Å²) in [6.07, 6.45) is 4.49. The van der Waals surface area contributed by atoms with Crippen LogP contribution in [0.15, 0.2) is 72.4 Å². The van der Waals surface area contributed by atoms with Gasteiger partial charge in [-0.1, -0.05) is 30.3 Å². The normalized spacial score (nSPS) is 15.5. The first-order chi connectivity index (χ1) is 14.6. The summed E-state index contributed by atoms with van der Waals surface area (Å²) in [4.78, 5) is 14.9. The molecule has 10 heteroatoms. The van der Waals surface area contributed by atoms with Gasteiger partial charge in [0.15, 0.2) is 5.82 Å². The van der Waals surface area contributed by atoms with Gasteiger partial charge in [-0.2, -0.15) is 9.40 Å². The fourth-order valence-corrected chi connectivity index (χ4v) is 5.05. The van der Waals surface area contributed by atoms with Crippen molar-refractivity contribution in [3.05, 3.63) is 67.5 Å². The fraction of sp³-hybridized carbons (Fsp3) is 0.200. The molecule has 1 saturated heterocycles. The summed E-state index contributed by atoms with van der Waals surface area (Å²) in [5.41, 5.74) is 0. The lowest BCUT2D eigenvalue weighted by atomic mass is 10.1. The zero-order valence-electron chi connectivity index (χ0n) is 16.0. The van der Waals surface area contributed by atoms with Crippen molar-refractivity contribution in [1.29, 1.82) is 0 Å². The van der Waals surface area contributed by atoms with Crippen LogP contribution in [-0.2, 0) is 10.0 Å². The van der Waals surface area contributed by atoms with Gasteiger partial charge in [-0.15, -0.1) is 0 Å². The first kappa shape index (κ1) is 18.6. The van der Waals surface area contributed by atoms with Gasteiger partial charge in [-0.25, -0.2) is 28.1 Å². The van der Waals surface area contributed by atoms with Crippen LogP contribution >= 0.6 is 0 Å². The molecule has 1 aliphatic heterocycles. The summed E-state index contributed by atoms with van der Waals surface area (Å²) < 4.78 is 29.4. The number of fused-ring (bicyclic) bond motifs is 1. The maximum atomic E-state index is 13.1. The summed E-state index contributed by atoms with van der Waals surface area (Å²) in [7, 11) is -3.55. The van der Waals surface area contributed by atoms with Crippen LogP contribution in [-0.4, -0.2) is 63.6 Å². The second kappa shape index (κ2) is 7.47. The molecule has 2 aromatic carbocycles. The van der Waals surface area contributed by atoms with Crippen LogP contribution in [0.4, 0.5) is 5.82 Å². The van der Waals surface area contributed by atoms with Gasteiger partial charge in [0.05, 0.1) is 4.90 Å². The SMILES string of the molecule is O=S(=O)(c1ccc2ccccc2c1)N1CCN(c2cc(-n3cncn3)ncn2)CC1. The van der Waals surface area contributed by atoms with Crippen molar-refractivity contribution in [3.63, 3.8) is 0 Å². The smallest absolute Gasteiger partial charge is 0.243 e. The van der Waals surface area contributed by atoms with Crippen molar-refractivity contribution in [2.75, 3.05) is 31.1 Å². The molecule has 0 atom stereocenters. The molecule has 0 amide bonds. The summed E-state index contributed by atoms with van der Waals surface area (Å²) in [5.74, 6) is 1.35. The Morgan fingerprint density at radius 3 is 2.33 bits per heavy atom. The Kier molecular flexibility index (Phi) is 4.64. The molecular formula is C20H19N7O2S. The predicted molar refractivity (Wildman–Crippen MR) is 112 cm³/mol. The lowest BCUT2D eigenvalue weighted by Crippen LogP contribution is -2.48. The maximum absolute atomic E-state index is 13.1. The highest BCUT2D eigenvalue weighted by Crippen LogP contribution is 2.24. The monoisotopic (exact) mass is 421 g/mol. The highest BCUT2D eigenvalue weighted by molar-refractivity contribution is 7.89. The van der Waals surface area contributed by atoms with Gasteiger partial charge in [-0.05, 0) is 22.9 Å². The Morgan fingerprint density at radius 2 is 1.57 bits per heavy atom. The van der Waals surface area contributed by atoms with E-state index in [0.717, 1.165) is 16.6 Å². The van der Waals surface area contributed by atoms with E-state index in [1.165, 1.54) is 17.0 Å². The van der Waals surface area contributed by atoms with Crippen molar-refractivity contribution < 1.29 is 8.42 Å². The molecule has 0 saturated carbocycles. The number of rotatable bonds is 4. The first-order valence-electron chi connectivity index (χ1n) is 9.52. The molecule has 0 N–H and O–H groups in total. The third-order valence-corrected chi connectivity index (χ3v) is 7.11. The third-order valence-electron chi connectivity index (χ3n) is 5.21. The van der Waals surface area contributed by atoms with E-state index in [2.05, 4.69) is 25.0 Å². The summed E-state index contributed by atoms with van der Waals surface area (Å²) >= 11 is 0. The van der Waals surface area contributed by atoms with Crippen molar-refractivity contribution >= 4 is 26.6 Å². The molecule has 152 valence electrons. The number of aromatic nitrogens is 5. The molecular weight excluding hydrogens is 402 g/mol. The van der Waals surface area contributed by atoms with E-state index in [1.807, 2.05) is 36.4 Å². The zero-order valence-corrected chi connectivity index (χ0v) is 16.9. The Morgan fingerprint density at radius 1 is 0.800 bits per heavy atom. The van der Waals surface area contributed by atoms with Crippen molar-refractivity contribution in [2.45, 2.75) is 4.90 Å². The van der Waals surface area contributed by atoms with E-state index in [0.29, 0.717) is 36.9 Å². The minimum Gasteiger partial charge on any atom is -0.354 e. The molecule has 9 nitrogen and oxygen atoms in total. The van der Waals surface area contributed by atoms with Crippen LogP contribution in [0.3, 0.4) is 0 Å². The highest BCUT2D eigenvalue weighted by Gasteiger charge is 2.29. The number of nitrogens with zero attached hydrogens (tertiary/aromatic N) is 7. The minimum atomic E-state index is -3.55. The van der Waals surface area contributed by atoms with E-state index in [4.69, 9.17) is 0 Å². The zero-order chi connectivity index (χ0) is 20.6. The number of piperazine rings is 1. The number of benzene rings is 2. The van der Waals surface area contributed by atoms with Crippen LogP contribution in [0.5, 0.6) is 0 Å². The minimum absolute atomic E-state index is 0.324. The number of hydrogen-bond acceptors (Lipinski definition) is 7. The molecule has 0 unspecified atom stereocenters. The van der Waals surface area contributed by atoms with Gasteiger partial charge in [0.1, 0.15) is 24.8 Å². The topological polar surface area (TPSA) is 97.1 Å². The average molecular weight is 421 g/mol. The lowest BCUT2D eigenvalue weighted by Gasteiger charge is -2.34. The number of hydrogen-bond donors (Lipinski definition) is 0. The van der Waals surface area contributed by atoms with Gasteiger partial charge in [-0.3, -0.25) is 0 Å². The van der Waals surface area contributed by atoms with Crippen LogP contribution < -0.4 is 4.90 Å². The van der Waals surface area contributed by atoms with Gasteiger partial charge >= 0.3 is 0 Å². The number of sulfonamides is 1. The van der Waals surface area contributed by atoms with Crippen LogP contribution in [0.25, 0.3) is 16.6 Å². The lowest BCUT2D eigenvalue weighted by molar-refractivity contribution is 0.384. The highest BCUT2D eigenvalue weighted by atomic mass is 32.2. The Bertz CT molecular complexity index is 1280. The van der Waals surface area contributed by atoms with Crippen molar-refractivity contribution in [1.82, 2.24) is 29.0 Å². The molecule has 0 bridgehead atoms. The van der Waals surface area contributed by atoms with Gasteiger partial charge in [0.2, 0.25) is 10.0 Å². The summed E-state index contributed by atoms with van der Waals surface area (Å²) in [6.45, 7) is 1.86. The Labute approximate surface area is 173 Å². The van der Waals surface area contributed by atoms with Crippen LogP contribution in [0.1, 0.15) is 0 Å². The average Bonchev–Trinajstić information content (AvgIpc) is 3.34. The molecule has 0 spiro atoms. The quantitative estimate of drug-likeness (QED) is 0.495. The molecule has 5 rings (SSSR count). The second-order valence-corrected chi connectivity index (χ2v) is 8.91. The van der Waals surface area contributed by atoms with E-state index in [-0.39, 0.29) is 0 Å². The second-order valence-electron chi connectivity index (χ2n) is 6.97. The van der Waals surface area contributed by atoms with Crippen molar-refractivity contribution in [3.8, 4) is 5.82 Å². The molecule has 2 aromatic heterocycles. The predicted octanol–water partition coefficient (Wildman–Crippen LogP) is 1.72. The Balaban J connectivity index is 1.33. The first-order valence-corrected chi connectivity index (χ1v) is 11.0. The molecule has 0 aliphatic carbocycles. The summed E-state index contributed by atoms with van der Waals surface area (Å²) in [5, 5.41) is 6.02. The molecule has 1 fully saturated rings. The Hall–Kier alpha value is -3.37.